The summed E-state index contributed by atoms with van der Waals surface area (Å²) in [6.45, 7) is 3.20. The fraction of sp³-hybridized carbons (Fsp3) is 0.350. The molecule has 5 heteroatoms. The van der Waals surface area contributed by atoms with Crippen molar-refractivity contribution < 1.29 is 9.59 Å². The predicted octanol–water partition coefficient (Wildman–Crippen LogP) is 2.81. The van der Waals surface area contributed by atoms with Crippen LogP contribution in [0.3, 0.4) is 0 Å². The molecule has 2 heterocycles. The van der Waals surface area contributed by atoms with Gasteiger partial charge in [0.2, 0.25) is 5.91 Å². The lowest BCUT2D eigenvalue weighted by Crippen LogP contribution is -2.43. The first-order valence-corrected chi connectivity index (χ1v) is 8.70. The van der Waals surface area contributed by atoms with Crippen molar-refractivity contribution in [1.29, 1.82) is 0 Å². The number of carbonyl (C=O) groups excluding carboxylic acids is 2. The van der Waals surface area contributed by atoms with Crippen molar-refractivity contribution in [3.05, 3.63) is 66.0 Å². The lowest BCUT2D eigenvalue weighted by molar-refractivity contribution is -0.126. The van der Waals surface area contributed by atoms with Crippen LogP contribution in [-0.2, 0) is 4.79 Å². The second-order valence-electron chi connectivity index (χ2n) is 6.45. The highest BCUT2D eigenvalue weighted by atomic mass is 16.2. The fourth-order valence-corrected chi connectivity index (χ4v) is 3.17. The molecule has 2 amide bonds. The summed E-state index contributed by atoms with van der Waals surface area (Å²) in [7, 11) is 0. The van der Waals surface area contributed by atoms with Gasteiger partial charge in [0.05, 0.1) is 11.6 Å². The third-order valence-electron chi connectivity index (χ3n) is 4.72. The van der Waals surface area contributed by atoms with E-state index in [9.17, 15) is 9.59 Å². The molecule has 0 saturated carbocycles. The minimum absolute atomic E-state index is 0.00962. The van der Waals surface area contributed by atoms with E-state index in [0.717, 1.165) is 5.56 Å². The second kappa shape index (κ2) is 7.92. The number of aromatic nitrogens is 1. The van der Waals surface area contributed by atoms with E-state index in [2.05, 4.69) is 10.3 Å². The van der Waals surface area contributed by atoms with Crippen LogP contribution >= 0.6 is 0 Å². The number of amides is 2. The van der Waals surface area contributed by atoms with E-state index < -0.39 is 0 Å². The van der Waals surface area contributed by atoms with Crippen molar-refractivity contribution in [3.63, 3.8) is 0 Å². The van der Waals surface area contributed by atoms with Crippen molar-refractivity contribution in [2.24, 2.45) is 5.92 Å². The van der Waals surface area contributed by atoms with Crippen LogP contribution in [0.4, 0.5) is 0 Å². The van der Waals surface area contributed by atoms with Crippen LogP contribution in [0.15, 0.2) is 54.9 Å². The van der Waals surface area contributed by atoms with Gasteiger partial charge < -0.3 is 10.2 Å². The Balaban J connectivity index is 1.52. The Bertz CT molecular complexity index is 710. The number of hydrogen-bond acceptors (Lipinski definition) is 3. The van der Waals surface area contributed by atoms with Gasteiger partial charge in [0.25, 0.3) is 5.91 Å². The van der Waals surface area contributed by atoms with Crippen LogP contribution < -0.4 is 5.32 Å². The molecule has 5 nitrogen and oxygen atoms in total. The summed E-state index contributed by atoms with van der Waals surface area (Å²) < 4.78 is 0. The molecule has 1 aromatic heterocycles. The van der Waals surface area contributed by atoms with Gasteiger partial charge in [-0.3, -0.25) is 14.6 Å². The van der Waals surface area contributed by atoms with Crippen molar-refractivity contribution >= 4 is 11.8 Å². The zero-order chi connectivity index (χ0) is 17.6. The molecular formula is C20H23N3O2. The Labute approximate surface area is 148 Å². The monoisotopic (exact) mass is 337 g/mol. The van der Waals surface area contributed by atoms with E-state index in [4.69, 9.17) is 0 Å². The van der Waals surface area contributed by atoms with Gasteiger partial charge in [-0.1, -0.05) is 30.3 Å². The van der Waals surface area contributed by atoms with E-state index in [-0.39, 0.29) is 23.8 Å². The van der Waals surface area contributed by atoms with E-state index in [1.165, 1.54) is 0 Å². The third-order valence-corrected chi connectivity index (χ3v) is 4.72. The first-order chi connectivity index (χ1) is 12.1. The smallest absolute Gasteiger partial charge is 0.255 e. The van der Waals surface area contributed by atoms with Crippen LogP contribution in [0.1, 0.15) is 41.7 Å². The van der Waals surface area contributed by atoms with Gasteiger partial charge in [0.1, 0.15) is 0 Å². The number of rotatable bonds is 4. The largest absolute Gasteiger partial charge is 0.349 e. The summed E-state index contributed by atoms with van der Waals surface area (Å²) >= 11 is 0. The summed E-state index contributed by atoms with van der Waals surface area (Å²) in [6.07, 6.45) is 4.63. The highest BCUT2D eigenvalue weighted by Crippen LogP contribution is 2.21. The first-order valence-electron chi connectivity index (χ1n) is 8.70. The zero-order valence-electron chi connectivity index (χ0n) is 14.4. The van der Waals surface area contributed by atoms with Crippen LogP contribution in [0.2, 0.25) is 0 Å². The molecule has 1 saturated heterocycles. The van der Waals surface area contributed by atoms with E-state index in [1.807, 2.05) is 37.3 Å². The van der Waals surface area contributed by atoms with Crippen LogP contribution in [0, 0.1) is 5.92 Å². The molecule has 1 N–H and O–H groups in total. The molecular weight excluding hydrogens is 314 g/mol. The van der Waals surface area contributed by atoms with Crippen LogP contribution in [0.25, 0.3) is 0 Å². The molecule has 3 rings (SSSR count). The number of likely N-dealkylation sites (tertiary alicyclic amines) is 1. The molecule has 130 valence electrons. The average molecular weight is 337 g/mol. The summed E-state index contributed by atoms with van der Waals surface area (Å²) in [4.78, 5) is 30.7. The molecule has 1 unspecified atom stereocenters. The summed E-state index contributed by atoms with van der Waals surface area (Å²) in [6, 6.07) is 13.5. The van der Waals surface area contributed by atoms with Gasteiger partial charge in [0.15, 0.2) is 0 Å². The minimum atomic E-state index is -0.0379. The van der Waals surface area contributed by atoms with Crippen molar-refractivity contribution in [2.45, 2.75) is 25.8 Å². The Hall–Kier alpha value is -2.69. The SMILES string of the molecule is CC(NC(=O)C1CCN(C(=O)c2cccnc2)CC1)c1ccccc1. The summed E-state index contributed by atoms with van der Waals surface area (Å²) in [5.41, 5.74) is 1.70. The van der Waals surface area contributed by atoms with Gasteiger partial charge in [-0.25, -0.2) is 0 Å². The molecule has 1 atom stereocenters. The Kier molecular flexibility index (Phi) is 5.43. The highest BCUT2D eigenvalue weighted by molar-refractivity contribution is 5.94. The number of nitrogens with one attached hydrogen (secondary N) is 1. The second-order valence-corrected chi connectivity index (χ2v) is 6.45. The minimum Gasteiger partial charge on any atom is -0.349 e. The van der Waals surface area contributed by atoms with E-state index in [1.54, 1.807) is 29.4 Å². The number of nitrogens with zero attached hydrogens (tertiary/aromatic N) is 2. The molecule has 1 fully saturated rings. The Morgan fingerprint density at radius 1 is 1.12 bits per heavy atom. The van der Waals surface area contributed by atoms with Gasteiger partial charge in [-0.2, -0.15) is 0 Å². The number of piperidine rings is 1. The fourth-order valence-electron chi connectivity index (χ4n) is 3.17. The molecule has 1 aliphatic rings. The van der Waals surface area contributed by atoms with Crippen molar-refractivity contribution in [3.8, 4) is 0 Å². The van der Waals surface area contributed by atoms with Crippen LogP contribution in [0.5, 0.6) is 0 Å². The van der Waals surface area contributed by atoms with E-state index in [0.29, 0.717) is 31.5 Å². The molecule has 1 aliphatic heterocycles. The number of pyridine rings is 1. The van der Waals surface area contributed by atoms with Crippen LogP contribution in [-0.4, -0.2) is 34.8 Å². The van der Waals surface area contributed by atoms with Gasteiger partial charge in [0, 0.05) is 31.4 Å². The number of benzene rings is 1. The molecule has 0 bridgehead atoms. The third kappa shape index (κ3) is 4.24. The lowest BCUT2D eigenvalue weighted by Gasteiger charge is -2.32. The number of hydrogen-bond donors (Lipinski definition) is 1. The molecule has 0 radical (unpaired) electrons. The van der Waals surface area contributed by atoms with Gasteiger partial charge in [-0.15, -0.1) is 0 Å². The number of carbonyl (C=O) groups is 2. The Morgan fingerprint density at radius 2 is 1.84 bits per heavy atom. The van der Waals surface area contributed by atoms with Gasteiger partial charge >= 0.3 is 0 Å². The highest BCUT2D eigenvalue weighted by Gasteiger charge is 2.28. The topological polar surface area (TPSA) is 62.3 Å². The molecule has 0 spiro atoms. The van der Waals surface area contributed by atoms with Crippen molar-refractivity contribution in [2.75, 3.05) is 13.1 Å². The predicted molar refractivity (Wildman–Crippen MR) is 95.9 cm³/mol. The zero-order valence-corrected chi connectivity index (χ0v) is 14.4. The maximum absolute atomic E-state index is 12.5. The molecule has 2 aromatic rings. The Morgan fingerprint density at radius 3 is 2.48 bits per heavy atom. The summed E-state index contributed by atoms with van der Waals surface area (Å²) in [5.74, 6) is 0.0264. The standard InChI is InChI=1S/C20H23N3O2/c1-15(16-6-3-2-4-7-16)22-19(24)17-9-12-23(13-10-17)20(25)18-8-5-11-21-14-18/h2-8,11,14-15,17H,9-10,12-13H2,1H3,(H,22,24). The maximum atomic E-state index is 12.5. The molecule has 0 aliphatic carbocycles. The molecule has 25 heavy (non-hydrogen) atoms. The van der Waals surface area contributed by atoms with E-state index >= 15 is 0 Å². The first kappa shape index (κ1) is 17.1. The maximum Gasteiger partial charge on any atom is 0.255 e. The summed E-state index contributed by atoms with van der Waals surface area (Å²) in [5, 5.41) is 3.09. The molecule has 1 aromatic carbocycles. The average Bonchev–Trinajstić information content (AvgIpc) is 2.69. The quantitative estimate of drug-likeness (QED) is 0.933. The van der Waals surface area contributed by atoms with Gasteiger partial charge in [-0.05, 0) is 37.5 Å². The normalized spacial score (nSPS) is 16.3. The van der Waals surface area contributed by atoms with Crippen molar-refractivity contribution in [1.82, 2.24) is 15.2 Å². The lowest BCUT2D eigenvalue weighted by atomic mass is 9.94.